The minimum Gasteiger partial charge on any atom is -0.392 e. The van der Waals surface area contributed by atoms with Crippen molar-refractivity contribution >= 4 is 0 Å². The Morgan fingerprint density at radius 2 is 1.88 bits per heavy atom. The van der Waals surface area contributed by atoms with Crippen molar-refractivity contribution in [3.8, 4) is 0 Å². The number of hydrogen-bond donors (Lipinski definition) is 2. The maximum Gasteiger partial charge on any atom is 0.0636 e. The first kappa shape index (κ1) is 13.2. The number of nitrogens with one attached hydrogen (secondary N) is 1. The van der Waals surface area contributed by atoms with Crippen LogP contribution in [0.4, 0.5) is 0 Å². The highest BCUT2D eigenvalue weighted by Crippen LogP contribution is 2.07. The van der Waals surface area contributed by atoms with Crippen LogP contribution in [0.1, 0.15) is 31.4 Å². The monoisotopic (exact) mass is 221 g/mol. The zero-order valence-corrected chi connectivity index (χ0v) is 10.5. The van der Waals surface area contributed by atoms with Crippen LogP contribution in [0.3, 0.4) is 0 Å². The summed E-state index contributed by atoms with van der Waals surface area (Å²) in [6.45, 7) is 6.76. The largest absolute Gasteiger partial charge is 0.392 e. The molecule has 0 aromatic heterocycles. The number of rotatable bonds is 6. The summed E-state index contributed by atoms with van der Waals surface area (Å²) in [5, 5.41) is 12.6. The molecular formula is C14H23NO. The maximum absolute atomic E-state index is 9.24. The van der Waals surface area contributed by atoms with Crippen molar-refractivity contribution in [1.82, 2.24) is 5.32 Å². The molecule has 2 atom stereocenters. The van der Waals surface area contributed by atoms with Gasteiger partial charge in [-0.25, -0.2) is 0 Å². The fourth-order valence-corrected chi connectivity index (χ4v) is 1.71. The minimum atomic E-state index is -0.271. The number of hydrogen-bond acceptors (Lipinski definition) is 2. The Labute approximate surface area is 98.7 Å². The first-order valence-electron chi connectivity index (χ1n) is 6.08. The fourth-order valence-electron chi connectivity index (χ4n) is 1.71. The minimum absolute atomic E-state index is 0.271. The third-order valence-electron chi connectivity index (χ3n) is 2.80. The van der Waals surface area contributed by atoms with Crippen molar-refractivity contribution in [1.29, 1.82) is 0 Å². The van der Waals surface area contributed by atoms with Gasteiger partial charge in [-0.15, -0.1) is 0 Å². The first-order chi connectivity index (χ1) is 7.61. The van der Waals surface area contributed by atoms with Gasteiger partial charge in [0, 0.05) is 12.6 Å². The van der Waals surface area contributed by atoms with Gasteiger partial charge in [-0.2, -0.15) is 0 Å². The van der Waals surface area contributed by atoms with Gasteiger partial charge in [0.1, 0.15) is 0 Å². The van der Waals surface area contributed by atoms with E-state index in [2.05, 4.69) is 43.4 Å². The van der Waals surface area contributed by atoms with Crippen LogP contribution in [0.25, 0.3) is 0 Å². The maximum atomic E-state index is 9.24. The second-order valence-electron chi connectivity index (χ2n) is 4.55. The van der Waals surface area contributed by atoms with Crippen LogP contribution in [0, 0.1) is 6.92 Å². The van der Waals surface area contributed by atoms with E-state index in [0.717, 1.165) is 12.8 Å². The summed E-state index contributed by atoms with van der Waals surface area (Å²) in [6, 6.07) is 9.12. The lowest BCUT2D eigenvalue weighted by molar-refractivity contribution is 0.185. The van der Waals surface area contributed by atoms with Gasteiger partial charge in [0.05, 0.1) is 6.10 Å². The predicted octanol–water partition coefficient (Wildman–Crippen LogP) is 2.29. The molecule has 0 fully saturated rings. The zero-order valence-electron chi connectivity index (χ0n) is 10.5. The molecule has 2 nitrogen and oxygen atoms in total. The summed E-state index contributed by atoms with van der Waals surface area (Å²) in [5.41, 5.74) is 2.66. The highest BCUT2D eigenvalue weighted by molar-refractivity contribution is 5.22. The average molecular weight is 221 g/mol. The molecule has 1 unspecified atom stereocenters. The van der Waals surface area contributed by atoms with Crippen LogP contribution in [-0.4, -0.2) is 23.8 Å². The molecule has 1 aromatic carbocycles. The molecule has 16 heavy (non-hydrogen) atoms. The summed E-state index contributed by atoms with van der Waals surface area (Å²) >= 11 is 0. The third kappa shape index (κ3) is 4.77. The SMILES string of the molecule is CCC(Cc1ccc(C)cc1)NC[C@@H](C)O. The summed E-state index contributed by atoms with van der Waals surface area (Å²) in [7, 11) is 0. The normalized spacial score (nSPS) is 14.8. The summed E-state index contributed by atoms with van der Waals surface area (Å²) in [6.07, 6.45) is 1.84. The Morgan fingerprint density at radius 3 is 2.38 bits per heavy atom. The molecule has 0 saturated heterocycles. The van der Waals surface area contributed by atoms with E-state index in [1.54, 1.807) is 0 Å². The van der Waals surface area contributed by atoms with Crippen LogP contribution in [0.2, 0.25) is 0 Å². The number of aliphatic hydroxyl groups excluding tert-OH is 1. The van der Waals surface area contributed by atoms with Gasteiger partial charge < -0.3 is 10.4 Å². The van der Waals surface area contributed by atoms with Gasteiger partial charge in [-0.1, -0.05) is 36.8 Å². The van der Waals surface area contributed by atoms with E-state index in [0.29, 0.717) is 12.6 Å². The Morgan fingerprint density at radius 1 is 1.25 bits per heavy atom. The summed E-state index contributed by atoms with van der Waals surface area (Å²) < 4.78 is 0. The average Bonchev–Trinajstić information content (AvgIpc) is 2.26. The van der Waals surface area contributed by atoms with E-state index < -0.39 is 0 Å². The standard InChI is InChI=1S/C14H23NO/c1-4-14(15-10-12(3)16)9-13-7-5-11(2)6-8-13/h5-8,12,14-16H,4,9-10H2,1-3H3/t12-,14?/m1/s1. The molecule has 0 saturated carbocycles. The van der Waals surface area contributed by atoms with Crippen molar-refractivity contribution < 1.29 is 5.11 Å². The lowest BCUT2D eigenvalue weighted by atomic mass is 10.0. The lowest BCUT2D eigenvalue weighted by Gasteiger charge is -2.18. The van der Waals surface area contributed by atoms with Crippen LogP contribution >= 0.6 is 0 Å². The van der Waals surface area contributed by atoms with Gasteiger partial charge in [-0.05, 0) is 32.3 Å². The van der Waals surface area contributed by atoms with Crippen molar-refractivity contribution in [2.24, 2.45) is 0 Å². The molecule has 2 heteroatoms. The first-order valence-corrected chi connectivity index (χ1v) is 6.08. The molecule has 0 bridgehead atoms. The Kier molecular flexibility index (Phi) is 5.50. The number of aliphatic hydroxyl groups is 1. The van der Waals surface area contributed by atoms with E-state index in [4.69, 9.17) is 0 Å². The topological polar surface area (TPSA) is 32.3 Å². The van der Waals surface area contributed by atoms with Gasteiger partial charge in [0.15, 0.2) is 0 Å². The quantitative estimate of drug-likeness (QED) is 0.772. The van der Waals surface area contributed by atoms with Crippen molar-refractivity contribution in [3.63, 3.8) is 0 Å². The van der Waals surface area contributed by atoms with Crippen LogP contribution in [0.15, 0.2) is 24.3 Å². The predicted molar refractivity (Wildman–Crippen MR) is 68.6 cm³/mol. The fraction of sp³-hybridized carbons (Fsp3) is 0.571. The molecule has 1 rings (SSSR count). The molecule has 0 spiro atoms. The third-order valence-corrected chi connectivity index (χ3v) is 2.80. The highest BCUT2D eigenvalue weighted by Gasteiger charge is 2.07. The second kappa shape index (κ2) is 6.66. The van der Waals surface area contributed by atoms with Gasteiger partial charge in [-0.3, -0.25) is 0 Å². The summed E-state index contributed by atoms with van der Waals surface area (Å²) in [5.74, 6) is 0. The summed E-state index contributed by atoms with van der Waals surface area (Å²) in [4.78, 5) is 0. The highest BCUT2D eigenvalue weighted by atomic mass is 16.3. The molecule has 0 aliphatic rings. The van der Waals surface area contributed by atoms with Gasteiger partial charge in [0.2, 0.25) is 0 Å². The van der Waals surface area contributed by atoms with E-state index in [1.165, 1.54) is 11.1 Å². The molecule has 0 amide bonds. The molecule has 0 aliphatic carbocycles. The van der Waals surface area contributed by atoms with E-state index in [1.807, 2.05) is 6.92 Å². The van der Waals surface area contributed by atoms with Crippen LogP contribution < -0.4 is 5.32 Å². The van der Waals surface area contributed by atoms with Gasteiger partial charge in [0.25, 0.3) is 0 Å². The molecule has 0 radical (unpaired) electrons. The molecule has 1 aromatic rings. The number of benzene rings is 1. The van der Waals surface area contributed by atoms with Crippen molar-refractivity contribution in [2.45, 2.75) is 45.8 Å². The van der Waals surface area contributed by atoms with E-state index in [-0.39, 0.29) is 6.10 Å². The van der Waals surface area contributed by atoms with Crippen LogP contribution in [-0.2, 0) is 6.42 Å². The Balaban J connectivity index is 2.46. The zero-order chi connectivity index (χ0) is 12.0. The molecular weight excluding hydrogens is 198 g/mol. The Bertz CT molecular complexity index is 292. The van der Waals surface area contributed by atoms with Crippen molar-refractivity contribution in [3.05, 3.63) is 35.4 Å². The smallest absolute Gasteiger partial charge is 0.0636 e. The molecule has 90 valence electrons. The lowest BCUT2D eigenvalue weighted by Crippen LogP contribution is -2.35. The molecule has 2 N–H and O–H groups in total. The van der Waals surface area contributed by atoms with Crippen LogP contribution in [0.5, 0.6) is 0 Å². The molecule has 0 heterocycles. The van der Waals surface area contributed by atoms with E-state index >= 15 is 0 Å². The van der Waals surface area contributed by atoms with E-state index in [9.17, 15) is 5.11 Å². The Hall–Kier alpha value is -0.860. The molecule has 0 aliphatic heterocycles. The number of aryl methyl sites for hydroxylation is 1. The second-order valence-corrected chi connectivity index (χ2v) is 4.55. The van der Waals surface area contributed by atoms with Crippen molar-refractivity contribution in [2.75, 3.05) is 6.54 Å². The van der Waals surface area contributed by atoms with Gasteiger partial charge >= 0.3 is 0 Å².